The molecule has 0 saturated carbocycles. The Labute approximate surface area is 83.0 Å². The second kappa shape index (κ2) is 3.03. The number of hydrogen-bond acceptors (Lipinski definition) is 2. The Morgan fingerprint density at radius 3 is 2.85 bits per heavy atom. The van der Waals surface area contributed by atoms with Crippen molar-refractivity contribution in [3.8, 4) is 0 Å². The molecule has 0 aliphatic carbocycles. The van der Waals surface area contributed by atoms with Crippen molar-refractivity contribution in [1.29, 1.82) is 0 Å². The van der Waals surface area contributed by atoms with Gasteiger partial charge >= 0.3 is 0 Å². The van der Waals surface area contributed by atoms with Gasteiger partial charge in [-0.05, 0) is 35.0 Å². The first-order chi connectivity index (χ1) is 6.18. The molecular weight excluding hydrogens is 235 g/mol. The van der Waals surface area contributed by atoms with Gasteiger partial charge in [0.2, 0.25) is 0 Å². The smallest absolute Gasteiger partial charge is 0.135 e. The van der Waals surface area contributed by atoms with Crippen molar-refractivity contribution in [3.63, 3.8) is 0 Å². The average Bonchev–Trinajstić information content (AvgIpc) is 2.02. The van der Waals surface area contributed by atoms with Crippen molar-refractivity contribution in [1.82, 2.24) is 9.97 Å². The molecule has 2 nitrogen and oxygen atoms in total. The zero-order chi connectivity index (χ0) is 9.42. The fraction of sp³-hybridized carbons (Fsp3) is 0.111. The molecule has 1 heterocycles. The topological polar surface area (TPSA) is 25.8 Å². The normalized spacial score (nSPS) is 10.7. The molecule has 0 atom stereocenters. The maximum absolute atomic E-state index is 13.3. The van der Waals surface area contributed by atoms with Crippen molar-refractivity contribution in [2.45, 2.75) is 6.92 Å². The van der Waals surface area contributed by atoms with Crippen LogP contribution in [0.3, 0.4) is 0 Å². The third-order valence-corrected chi connectivity index (χ3v) is 2.31. The summed E-state index contributed by atoms with van der Waals surface area (Å²) in [5, 5.41) is 0.438. The first-order valence-corrected chi connectivity index (χ1v) is 4.56. The molecule has 2 aromatic rings. The fourth-order valence-corrected chi connectivity index (χ4v) is 1.86. The number of halogens is 2. The van der Waals surface area contributed by atoms with E-state index in [-0.39, 0.29) is 5.82 Å². The number of hydrogen-bond donors (Lipinski definition) is 0. The third kappa shape index (κ3) is 1.42. The lowest BCUT2D eigenvalue weighted by Gasteiger charge is -2.01. The minimum absolute atomic E-state index is 0.302. The van der Waals surface area contributed by atoms with Gasteiger partial charge in [0, 0.05) is 0 Å². The van der Waals surface area contributed by atoms with E-state index in [1.54, 1.807) is 19.1 Å². The molecule has 0 unspecified atom stereocenters. The highest BCUT2D eigenvalue weighted by atomic mass is 79.9. The molecule has 1 aromatic carbocycles. The van der Waals surface area contributed by atoms with Crippen molar-refractivity contribution in [2.75, 3.05) is 0 Å². The van der Waals surface area contributed by atoms with E-state index in [0.717, 1.165) is 0 Å². The maximum Gasteiger partial charge on any atom is 0.135 e. The summed E-state index contributed by atoms with van der Waals surface area (Å²) in [6.07, 6.45) is 0. The van der Waals surface area contributed by atoms with Gasteiger partial charge in [0.15, 0.2) is 0 Å². The van der Waals surface area contributed by atoms with Gasteiger partial charge in [-0.15, -0.1) is 0 Å². The van der Waals surface area contributed by atoms with Gasteiger partial charge in [0.1, 0.15) is 16.2 Å². The zero-order valence-corrected chi connectivity index (χ0v) is 8.47. The Morgan fingerprint density at radius 1 is 1.31 bits per heavy atom. The molecule has 0 bridgehead atoms. The number of nitrogens with zero attached hydrogens (tertiary/aromatic N) is 2. The molecule has 4 heteroatoms. The molecule has 0 amide bonds. The molecule has 0 spiro atoms. The Balaban J connectivity index is 2.94. The first-order valence-electron chi connectivity index (χ1n) is 3.77. The molecule has 0 radical (unpaired) electrons. The second-order valence-corrected chi connectivity index (χ2v) is 3.45. The van der Waals surface area contributed by atoms with E-state index in [0.29, 0.717) is 21.3 Å². The number of rotatable bonds is 0. The number of aryl methyl sites for hydroxylation is 1. The summed E-state index contributed by atoms with van der Waals surface area (Å²) >= 11 is 3.21. The van der Waals surface area contributed by atoms with E-state index in [2.05, 4.69) is 25.9 Å². The Bertz CT molecular complexity index is 470. The minimum Gasteiger partial charge on any atom is -0.233 e. The molecular formula is C9H6BrFN2. The first kappa shape index (κ1) is 8.56. The van der Waals surface area contributed by atoms with Crippen LogP contribution in [0.15, 0.2) is 22.8 Å². The lowest BCUT2D eigenvalue weighted by atomic mass is 10.2. The lowest BCUT2D eigenvalue weighted by Crippen LogP contribution is -1.92. The third-order valence-electron chi connectivity index (χ3n) is 1.74. The van der Waals surface area contributed by atoms with Crippen molar-refractivity contribution < 1.29 is 4.39 Å². The highest BCUT2D eigenvalue weighted by Gasteiger charge is 2.06. The average molecular weight is 241 g/mol. The summed E-state index contributed by atoms with van der Waals surface area (Å²) in [4.78, 5) is 8.14. The van der Waals surface area contributed by atoms with Crippen molar-refractivity contribution >= 4 is 26.8 Å². The molecule has 0 aliphatic rings. The van der Waals surface area contributed by atoms with Crippen LogP contribution in [-0.4, -0.2) is 9.97 Å². The summed E-state index contributed by atoms with van der Waals surface area (Å²) < 4.78 is 13.8. The maximum atomic E-state index is 13.3. The van der Waals surface area contributed by atoms with E-state index >= 15 is 0 Å². The highest BCUT2D eigenvalue weighted by molar-refractivity contribution is 9.10. The molecule has 0 saturated heterocycles. The van der Waals surface area contributed by atoms with E-state index in [9.17, 15) is 4.39 Å². The number of fused-ring (bicyclic) bond motifs is 1. The van der Waals surface area contributed by atoms with Gasteiger partial charge in [-0.2, -0.15) is 0 Å². The summed E-state index contributed by atoms with van der Waals surface area (Å²) in [5.41, 5.74) is 0.624. The summed E-state index contributed by atoms with van der Waals surface area (Å²) in [6, 6.07) is 4.79. The second-order valence-electron chi connectivity index (χ2n) is 2.70. The lowest BCUT2D eigenvalue weighted by molar-refractivity contribution is 0.638. The van der Waals surface area contributed by atoms with E-state index in [4.69, 9.17) is 0 Å². The predicted octanol–water partition coefficient (Wildman–Crippen LogP) is 2.84. The molecule has 2 rings (SSSR count). The van der Waals surface area contributed by atoms with Crippen LogP contribution in [-0.2, 0) is 0 Å². The monoisotopic (exact) mass is 240 g/mol. The highest BCUT2D eigenvalue weighted by Crippen LogP contribution is 2.23. The Hall–Kier alpha value is -1.03. The van der Waals surface area contributed by atoms with Gasteiger partial charge in [-0.1, -0.05) is 6.07 Å². The quantitative estimate of drug-likeness (QED) is 0.662. The van der Waals surface area contributed by atoms with Crippen molar-refractivity contribution in [3.05, 3.63) is 34.4 Å². The van der Waals surface area contributed by atoms with Crippen LogP contribution in [0.25, 0.3) is 10.9 Å². The van der Waals surface area contributed by atoms with Crippen LogP contribution in [0.1, 0.15) is 5.82 Å². The van der Waals surface area contributed by atoms with Gasteiger partial charge in [-0.25, -0.2) is 14.4 Å². The molecule has 13 heavy (non-hydrogen) atoms. The predicted molar refractivity (Wildman–Crippen MR) is 51.9 cm³/mol. The minimum atomic E-state index is -0.302. The van der Waals surface area contributed by atoms with E-state index < -0.39 is 0 Å². The van der Waals surface area contributed by atoms with Gasteiger partial charge in [-0.3, -0.25) is 0 Å². The van der Waals surface area contributed by atoms with Crippen LogP contribution in [0.4, 0.5) is 4.39 Å². The molecule has 1 aromatic heterocycles. The Morgan fingerprint density at radius 2 is 2.08 bits per heavy atom. The SMILES string of the molecule is Cc1nc(Br)c2c(F)cccc2n1. The number of aromatic nitrogens is 2. The molecule has 0 aliphatic heterocycles. The zero-order valence-electron chi connectivity index (χ0n) is 6.88. The number of benzene rings is 1. The Kier molecular flexibility index (Phi) is 2.00. The van der Waals surface area contributed by atoms with Gasteiger partial charge in [0.25, 0.3) is 0 Å². The van der Waals surface area contributed by atoms with Gasteiger partial charge in [0.05, 0.1) is 10.9 Å². The van der Waals surface area contributed by atoms with Crippen LogP contribution in [0.5, 0.6) is 0 Å². The molecule has 0 N–H and O–H groups in total. The van der Waals surface area contributed by atoms with E-state index in [1.165, 1.54) is 6.07 Å². The standard InChI is InChI=1S/C9H6BrFN2/c1-5-12-7-4-2-3-6(11)8(7)9(10)13-5/h2-4H,1H3. The fourth-order valence-electron chi connectivity index (χ4n) is 1.21. The van der Waals surface area contributed by atoms with Crippen LogP contribution < -0.4 is 0 Å². The van der Waals surface area contributed by atoms with Crippen molar-refractivity contribution in [2.24, 2.45) is 0 Å². The van der Waals surface area contributed by atoms with Crippen LogP contribution in [0, 0.1) is 12.7 Å². The van der Waals surface area contributed by atoms with E-state index in [1.807, 2.05) is 0 Å². The van der Waals surface area contributed by atoms with Crippen LogP contribution >= 0.6 is 15.9 Å². The largest absolute Gasteiger partial charge is 0.233 e. The summed E-state index contributed by atoms with van der Waals surface area (Å²) in [7, 11) is 0. The van der Waals surface area contributed by atoms with Gasteiger partial charge < -0.3 is 0 Å². The molecule has 66 valence electrons. The van der Waals surface area contributed by atoms with Crippen LogP contribution in [0.2, 0.25) is 0 Å². The molecule has 0 fully saturated rings. The summed E-state index contributed by atoms with van der Waals surface area (Å²) in [5.74, 6) is 0.328. The summed E-state index contributed by atoms with van der Waals surface area (Å²) in [6.45, 7) is 1.77.